The van der Waals surface area contributed by atoms with Gasteiger partial charge in [0, 0.05) is 12.0 Å². The zero-order chi connectivity index (χ0) is 22.6. The van der Waals surface area contributed by atoms with E-state index in [2.05, 4.69) is 16.3 Å². The number of hydrogen-bond donors (Lipinski definition) is 3. The first-order valence-corrected chi connectivity index (χ1v) is 9.39. The van der Waals surface area contributed by atoms with Crippen LogP contribution in [-0.2, 0) is 6.61 Å². The van der Waals surface area contributed by atoms with Crippen molar-refractivity contribution in [3.8, 4) is 23.1 Å². The van der Waals surface area contributed by atoms with E-state index in [-0.39, 0.29) is 12.2 Å². The second-order valence-corrected chi connectivity index (χ2v) is 7.07. The molecular formula is C22H20F3N3O3. The van der Waals surface area contributed by atoms with Gasteiger partial charge in [-0.1, -0.05) is 35.9 Å². The fourth-order valence-corrected chi connectivity index (χ4v) is 3.03. The highest BCUT2D eigenvalue weighted by molar-refractivity contribution is 5.68. The molecule has 0 fully saturated rings. The van der Waals surface area contributed by atoms with Crippen LogP contribution >= 0.6 is 0 Å². The lowest BCUT2D eigenvalue weighted by molar-refractivity contribution is -0.211. The molecule has 0 spiro atoms. The number of nitrogens with zero attached hydrogens (tertiary/aromatic N) is 2. The van der Waals surface area contributed by atoms with Crippen molar-refractivity contribution in [2.45, 2.75) is 38.3 Å². The van der Waals surface area contributed by atoms with Crippen LogP contribution in [0.15, 0.2) is 48.5 Å². The summed E-state index contributed by atoms with van der Waals surface area (Å²) in [5.74, 6) is 0.392. The largest absolute Gasteiger partial charge is 0.487 e. The van der Waals surface area contributed by atoms with Crippen LogP contribution in [0.25, 0.3) is 11.3 Å². The molecule has 0 saturated carbocycles. The molecule has 0 bridgehead atoms. The van der Waals surface area contributed by atoms with E-state index in [1.54, 1.807) is 0 Å². The predicted octanol–water partition coefficient (Wildman–Crippen LogP) is 4.18. The molecule has 1 aromatic heterocycles. The molecule has 1 heterocycles. The number of nitriles is 1. The lowest BCUT2D eigenvalue weighted by Gasteiger charge is -2.18. The minimum absolute atomic E-state index is 0.0242. The average molecular weight is 431 g/mol. The number of alkyl halides is 3. The van der Waals surface area contributed by atoms with Gasteiger partial charge in [0.2, 0.25) is 0 Å². The van der Waals surface area contributed by atoms with Gasteiger partial charge in [-0.25, -0.2) is 0 Å². The second kappa shape index (κ2) is 9.20. The van der Waals surface area contributed by atoms with Gasteiger partial charge >= 0.3 is 6.18 Å². The Kier molecular flexibility index (Phi) is 6.63. The molecule has 162 valence electrons. The van der Waals surface area contributed by atoms with Gasteiger partial charge in [0.25, 0.3) is 0 Å². The predicted molar refractivity (Wildman–Crippen MR) is 106 cm³/mol. The number of aliphatic hydroxyl groups excluding tert-OH is 2. The van der Waals surface area contributed by atoms with Gasteiger partial charge < -0.3 is 14.9 Å². The molecule has 0 saturated heterocycles. The molecule has 0 aliphatic heterocycles. The first kappa shape index (κ1) is 22.3. The molecular weight excluding hydrogens is 411 g/mol. The van der Waals surface area contributed by atoms with Gasteiger partial charge in [0.15, 0.2) is 6.10 Å². The number of aliphatic hydroxyl groups is 2. The van der Waals surface area contributed by atoms with Crippen molar-refractivity contribution in [3.63, 3.8) is 0 Å². The number of aromatic amines is 1. The molecule has 2 unspecified atom stereocenters. The van der Waals surface area contributed by atoms with Gasteiger partial charge in [-0.05, 0) is 30.7 Å². The third kappa shape index (κ3) is 5.42. The highest BCUT2D eigenvalue weighted by atomic mass is 19.4. The van der Waals surface area contributed by atoms with Gasteiger partial charge in [-0.2, -0.15) is 23.5 Å². The van der Waals surface area contributed by atoms with E-state index < -0.39 is 24.8 Å². The minimum Gasteiger partial charge on any atom is -0.487 e. The number of ether oxygens (including phenoxy) is 1. The Balaban J connectivity index is 1.66. The fraction of sp³-hybridized carbons (Fsp3) is 0.273. The Labute approximate surface area is 176 Å². The summed E-state index contributed by atoms with van der Waals surface area (Å²) < 4.78 is 42.9. The lowest BCUT2D eigenvalue weighted by Crippen LogP contribution is -2.30. The molecule has 3 aromatic rings. The highest BCUT2D eigenvalue weighted by Crippen LogP contribution is 2.29. The van der Waals surface area contributed by atoms with Crippen LogP contribution in [0.4, 0.5) is 13.2 Å². The smallest absolute Gasteiger partial charge is 0.414 e. The molecule has 31 heavy (non-hydrogen) atoms. The molecule has 3 rings (SSSR count). The van der Waals surface area contributed by atoms with E-state index in [0.717, 1.165) is 11.1 Å². The Morgan fingerprint density at radius 1 is 1.16 bits per heavy atom. The summed E-state index contributed by atoms with van der Waals surface area (Å²) >= 11 is 0. The van der Waals surface area contributed by atoms with Crippen LogP contribution in [0.1, 0.15) is 34.9 Å². The van der Waals surface area contributed by atoms with E-state index in [1.165, 1.54) is 24.3 Å². The zero-order valence-electron chi connectivity index (χ0n) is 16.5. The zero-order valence-corrected chi connectivity index (χ0v) is 16.5. The van der Waals surface area contributed by atoms with Gasteiger partial charge in [0.05, 0.1) is 11.8 Å². The molecule has 0 amide bonds. The number of hydrogen-bond acceptors (Lipinski definition) is 5. The van der Waals surface area contributed by atoms with Crippen LogP contribution in [0.5, 0.6) is 5.75 Å². The maximum Gasteiger partial charge on any atom is 0.414 e. The summed E-state index contributed by atoms with van der Waals surface area (Å²) in [5.41, 5.74) is 3.42. The summed E-state index contributed by atoms with van der Waals surface area (Å²) in [5, 5.41) is 35.6. The number of aryl methyl sites for hydroxylation is 1. The van der Waals surface area contributed by atoms with Crippen molar-refractivity contribution in [1.82, 2.24) is 10.2 Å². The van der Waals surface area contributed by atoms with E-state index in [0.29, 0.717) is 22.7 Å². The topological polar surface area (TPSA) is 102 Å². The quantitative estimate of drug-likeness (QED) is 0.521. The SMILES string of the molecule is Cc1cccc(-c2n[nH]c(COc3ccc(C(O)CC(O)C(F)(F)F)cc3)c2C#N)c1. The van der Waals surface area contributed by atoms with Crippen molar-refractivity contribution >= 4 is 0 Å². The standard InChI is InChI=1S/C22H20F3N3O3/c1-13-3-2-4-15(9-13)21-17(11-26)18(27-28-21)12-31-16-7-5-14(6-8-16)19(29)10-20(30)22(23,24)25/h2-9,19-20,29-30H,10,12H2,1H3,(H,27,28). The van der Waals surface area contributed by atoms with Crippen molar-refractivity contribution in [3.05, 3.63) is 70.9 Å². The second-order valence-electron chi connectivity index (χ2n) is 7.07. The van der Waals surface area contributed by atoms with Crippen molar-refractivity contribution in [2.24, 2.45) is 0 Å². The Morgan fingerprint density at radius 2 is 1.87 bits per heavy atom. The molecule has 2 aromatic carbocycles. The monoisotopic (exact) mass is 431 g/mol. The molecule has 0 aliphatic rings. The van der Waals surface area contributed by atoms with Crippen LogP contribution in [0, 0.1) is 18.3 Å². The third-order valence-corrected chi connectivity index (χ3v) is 4.72. The summed E-state index contributed by atoms with van der Waals surface area (Å²) in [6.07, 6.45) is -9.72. The van der Waals surface area contributed by atoms with Gasteiger partial charge in [-0.3, -0.25) is 5.10 Å². The van der Waals surface area contributed by atoms with E-state index in [4.69, 9.17) is 9.84 Å². The molecule has 3 N–H and O–H groups in total. The maximum atomic E-state index is 12.4. The summed E-state index contributed by atoms with van der Waals surface area (Å²) in [4.78, 5) is 0. The molecule has 0 radical (unpaired) electrons. The lowest BCUT2D eigenvalue weighted by atomic mass is 10.0. The van der Waals surface area contributed by atoms with Crippen molar-refractivity contribution < 1.29 is 28.1 Å². The number of halogens is 3. The van der Waals surface area contributed by atoms with Crippen LogP contribution < -0.4 is 4.74 Å². The van der Waals surface area contributed by atoms with Crippen molar-refractivity contribution in [2.75, 3.05) is 0 Å². The summed E-state index contributed by atoms with van der Waals surface area (Å²) in [7, 11) is 0. The van der Waals surface area contributed by atoms with Crippen LogP contribution in [0.3, 0.4) is 0 Å². The number of nitrogens with one attached hydrogen (secondary N) is 1. The number of benzene rings is 2. The number of aromatic nitrogens is 2. The average Bonchev–Trinajstić information content (AvgIpc) is 3.14. The Bertz CT molecular complexity index is 1070. The molecule has 0 aliphatic carbocycles. The highest BCUT2D eigenvalue weighted by Gasteiger charge is 2.39. The normalized spacial score (nSPS) is 13.5. The molecule has 9 heteroatoms. The van der Waals surface area contributed by atoms with Gasteiger partial charge in [-0.15, -0.1) is 0 Å². The fourth-order valence-electron chi connectivity index (χ4n) is 3.03. The maximum absolute atomic E-state index is 12.4. The summed E-state index contributed by atoms with van der Waals surface area (Å²) in [6, 6.07) is 15.5. The van der Waals surface area contributed by atoms with Crippen LogP contribution in [0.2, 0.25) is 0 Å². The van der Waals surface area contributed by atoms with Crippen molar-refractivity contribution in [1.29, 1.82) is 5.26 Å². The van der Waals surface area contributed by atoms with E-state index in [1.807, 2.05) is 31.2 Å². The minimum atomic E-state index is -4.79. The van der Waals surface area contributed by atoms with E-state index in [9.17, 15) is 23.5 Å². The first-order chi connectivity index (χ1) is 14.7. The number of H-pyrrole nitrogens is 1. The van der Waals surface area contributed by atoms with Crippen LogP contribution in [-0.4, -0.2) is 32.7 Å². The summed E-state index contributed by atoms with van der Waals surface area (Å²) in [6.45, 7) is 1.97. The molecule has 6 nitrogen and oxygen atoms in total. The Morgan fingerprint density at radius 3 is 2.48 bits per heavy atom. The third-order valence-electron chi connectivity index (χ3n) is 4.72. The Hall–Kier alpha value is -3.35. The molecule has 2 atom stereocenters. The number of rotatable bonds is 7. The first-order valence-electron chi connectivity index (χ1n) is 9.39. The van der Waals surface area contributed by atoms with Gasteiger partial charge in [0.1, 0.15) is 29.7 Å². The van der Waals surface area contributed by atoms with E-state index >= 15 is 0 Å².